The topological polar surface area (TPSA) is 17.1 Å². The zero-order chi connectivity index (χ0) is 65.2. The Bertz CT molecular complexity index is 3380. The Kier molecular flexibility index (Phi) is 19.9. The third-order valence-corrected chi connectivity index (χ3v) is 16.4. The molecule has 0 fully saturated rings. The average molecular weight is 1160 g/mol. The van der Waals surface area contributed by atoms with Crippen LogP contribution in [0.2, 0.25) is 0 Å². The molecule has 0 atom stereocenters. The van der Waals surface area contributed by atoms with Crippen LogP contribution >= 0.6 is 0 Å². The van der Waals surface area contributed by atoms with Crippen molar-refractivity contribution in [3.05, 3.63) is 244 Å². The lowest BCUT2D eigenvalue weighted by atomic mass is 9.79. The van der Waals surface area contributed by atoms with E-state index in [9.17, 15) is 4.79 Å². The molecule has 7 aromatic carbocycles. The van der Waals surface area contributed by atoms with Gasteiger partial charge in [-0.15, -0.1) is 0 Å². The van der Waals surface area contributed by atoms with Crippen LogP contribution in [0.1, 0.15) is 288 Å². The molecule has 0 bridgehead atoms. The summed E-state index contributed by atoms with van der Waals surface area (Å²) < 4.78 is 0. The van der Waals surface area contributed by atoms with Crippen molar-refractivity contribution in [1.29, 1.82) is 0 Å². The number of benzene rings is 7. The van der Waals surface area contributed by atoms with Crippen molar-refractivity contribution in [3.8, 4) is 23.7 Å². The van der Waals surface area contributed by atoms with Gasteiger partial charge in [0.15, 0.2) is 0 Å². The standard InChI is InChI=1S/C87H102O/c1-80(2,3)72-46-67(47-73(54-72)81(4,5)6)33-29-61-37-59(38-62(41-61)30-34-68-48-74(82(7,8)9)55-75(49-68)83(10,11)12)25-27-65-43-66(45-71(44-65)58-88)28-26-60-39-63(31-35-69-50-76(84(13,14)15)56-77(51-69)85(16,17)18)42-64(40-60)32-36-70-52-78(86(19,20)21)57-79(53-70)87(22,23)24/h29-58H,1-24H3. The minimum Gasteiger partial charge on any atom is -0.298 e. The van der Waals surface area contributed by atoms with Gasteiger partial charge in [-0.3, -0.25) is 4.79 Å². The van der Waals surface area contributed by atoms with Crippen LogP contribution in [0.15, 0.2) is 127 Å². The number of rotatable bonds is 9. The van der Waals surface area contributed by atoms with Crippen molar-refractivity contribution < 1.29 is 4.79 Å². The quantitative estimate of drug-likeness (QED) is 0.0800. The minimum atomic E-state index is -0.000933. The van der Waals surface area contributed by atoms with Gasteiger partial charge in [-0.25, -0.2) is 0 Å². The van der Waals surface area contributed by atoms with E-state index in [0.717, 1.165) is 39.7 Å². The summed E-state index contributed by atoms with van der Waals surface area (Å²) in [6, 6.07) is 46.8. The summed E-state index contributed by atoms with van der Waals surface area (Å²) >= 11 is 0. The maximum Gasteiger partial charge on any atom is 0.150 e. The van der Waals surface area contributed by atoms with Crippen molar-refractivity contribution in [3.63, 3.8) is 0 Å². The Balaban J connectivity index is 1.33. The molecule has 456 valence electrons. The minimum absolute atomic E-state index is 0.000933. The van der Waals surface area contributed by atoms with E-state index in [1.807, 2.05) is 18.2 Å². The molecule has 0 unspecified atom stereocenters. The van der Waals surface area contributed by atoms with E-state index < -0.39 is 0 Å². The molecule has 0 amide bonds. The monoisotopic (exact) mass is 1160 g/mol. The van der Waals surface area contributed by atoms with E-state index in [0.29, 0.717) is 16.7 Å². The molecular weight excluding hydrogens is 1060 g/mol. The van der Waals surface area contributed by atoms with E-state index in [4.69, 9.17) is 0 Å². The molecule has 0 saturated carbocycles. The molecule has 7 aromatic rings. The Hall–Kier alpha value is -7.71. The van der Waals surface area contributed by atoms with Gasteiger partial charge in [-0.1, -0.05) is 311 Å². The molecule has 88 heavy (non-hydrogen) atoms. The van der Waals surface area contributed by atoms with Gasteiger partial charge in [-0.05, 0) is 187 Å². The van der Waals surface area contributed by atoms with Crippen LogP contribution in [0.4, 0.5) is 0 Å². The van der Waals surface area contributed by atoms with Crippen LogP contribution in [0.3, 0.4) is 0 Å². The molecule has 0 aliphatic rings. The van der Waals surface area contributed by atoms with Gasteiger partial charge in [-0.2, -0.15) is 0 Å². The molecule has 0 radical (unpaired) electrons. The highest BCUT2D eigenvalue weighted by molar-refractivity contribution is 5.80. The third-order valence-electron chi connectivity index (χ3n) is 16.4. The first kappa shape index (κ1) is 67.8. The SMILES string of the molecule is CC(C)(C)c1cc(C=Cc2cc(C#Cc3cc(C#Cc4cc(C=Cc5cc(C(C)(C)C)cc(C(C)(C)C)c5)cc(C=Cc5cc(C(C)(C)C)cc(C(C)(C)C)c5)c4)cc(C=O)c3)cc(C=Cc3cc(C(C)(C)C)cc(C(C)(C)C)c3)c2)cc(C(C)(C)C)c1. The zero-order valence-corrected chi connectivity index (χ0v) is 58.2. The van der Waals surface area contributed by atoms with E-state index >= 15 is 0 Å². The molecule has 0 heterocycles. The number of hydrogen-bond acceptors (Lipinski definition) is 1. The largest absolute Gasteiger partial charge is 0.298 e. The predicted molar refractivity (Wildman–Crippen MR) is 388 cm³/mol. The number of carbonyl (C=O) groups excluding carboxylic acids is 1. The summed E-state index contributed by atoms with van der Waals surface area (Å²) in [7, 11) is 0. The molecule has 0 saturated heterocycles. The van der Waals surface area contributed by atoms with Gasteiger partial charge in [0.05, 0.1) is 0 Å². The smallest absolute Gasteiger partial charge is 0.150 e. The van der Waals surface area contributed by atoms with Gasteiger partial charge in [0.1, 0.15) is 6.29 Å². The molecule has 7 rings (SSSR count). The summed E-state index contributed by atoms with van der Waals surface area (Å²) in [5, 5.41) is 0. The number of carbonyl (C=O) groups is 1. The van der Waals surface area contributed by atoms with Crippen LogP contribution in [0.25, 0.3) is 48.6 Å². The highest BCUT2D eigenvalue weighted by atomic mass is 16.1. The van der Waals surface area contributed by atoms with Gasteiger partial charge < -0.3 is 0 Å². The third kappa shape index (κ3) is 19.1. The fourth-order valence-corrected chi connectivity index (χ4v) is 10.3. The second-order valence-corrected chi connectivity index (χ2v) is 32.9. The number of hydrogen-bond donors (Lipinski definition) is 0. The number of aldehydes is 1. The van der Waals surface area contributed by atoms with Crippen molar-refractivity contribution in [1.82, 2.24) is 0 Å². The molecular formula is C87H102O. The fraction of sp³-hybridized carbons (Fsp3) is 0.368. The summed E-state index contributed by atoms with van der Waals surface area (Å²) in [6.45, 7) is 54.8. The molecule has 0 spiro atoms. The summed E-state index contributed by atoms with van der Waals surface area (Å²) in [5.74, 6) is 14.0. The first-order chi connectivity index (χ1) is 40.5. The van der Waals surface area contributed by atoms with Crippen LogP contribution in [-0.2, 0) is 43.3 Å². The second-order valence-electron chi connectivity index (χ2n) is 32.9. The van der Waals surface area contributed by atoms with Crippen LogP contribution < -0.4 is 0 Å². The van der Waals surface area contributed by atoms with Gasteiger partial charge >= 0.3 is 0 Å². The summed E-state index contributed by atoms with van der Waals surface area (Å²) in [5.41, 5.74) is 23.1. The van der Waals surface area contributed by atoms with E-state index in [1.165, 1.54) is 66.8 Å². The Morgan fingerprint density at radius 1 is 0.193 bits per heavy atom. The highest BCUT2D eigenvalue weighted by Gasteiger charge is 2.24. The normalized spacial score (nSPS) is 13.1. The van der Waals surface area contributed by atoms with Crippen molar-refractivity contribution >= 4 is 54.9 Å². The van der Waals surface area contributed by atoms with E-state index in [1.54, 1.807) is 0 Å². The van der Waals surface area contributed by atoms with Gasteiger partial charge in [0.2, 0.25) is 0 Å². The van der Waals surface area contributed by atoms with Crippen LogP contribution in [0, 0.1) is 23.7 Å². The van der Waals surface area contributed by atoms with E-state index in [2.05, 4.69) is 348 Å². The lowest BCUT2D eigenvalue weighted by molar-refractivity contribution is 0.112. The van der Waals surface area contributed by atoms with Gasteiger partial charge in [0, 0.05) is 27.8 Å². The van der Waals surface area contributed by atoms with Crippen molar-refractivity contribution in [2.75, 3.05) is 0 Å². The van der Waals surface area contributed by atoms with E-state index in [-0.39, 0.29) is 43.3 Å². The van der Waals surface area contributed by atoms with Crippen molar-refractivity contribution in [2.45, 2.75) is 209 Å². The summed E-state index contributed by atoms with van der Waals surface area (Å²) in [6.07, 6.45) is 18.7. The highest BCUT2D eigenvalue weighted by Crippen LogP contribution is 2.36. The Morgan fingerprint density at radius 3 is 0.500 bits per heavy atom. The molecule has 0 aliphatic carbocycles. The Morgan fingerprint density at radius 2 is 0.341 bits per heavy atom. The maximum absolute atomic E-state index is 12.7. The van der Waals surface area contributed by atoms with Crippen LogP contribution in [0.5, 0.6) is 0 Å². The molecule has 1 heteroatoms. The predicted octanol–water partition coefficient (Wildman–Crippen LogP) is 23.4. The first-order valence-corrected chi connectivity index (χ1v) is 31.8. The lowest BCUT2D eigenvalue weighted by Gasteiger charge is -2.25. The molecule has 1 nitrogen and oxygen atoms in total. The fourth-order valence-electron chi connectivity index (χ4n) is 10.3. The molecule has 0 aromatic heterocycles. The maximum atomic E-state index is 12.7. The second kappa shape index (κ2) is 25.8. The average Bonchev–Trinajstić information content (AvgIpc) is 3.32. The van der Waals surface area contributed by atoms with Crippen molar-refractivity contribution in [2.24, 2.45) is 0 Å². The zero-order valence-electron chi connectivity index (χ0n) is 58.2. The first-order valence-electron chi connectivity index (χ1n) is 31.8. The van der Waals surface area contributed by atoms with Gasteiger partial charge in [0.25, 0.3) is 0 Å². The molecule has 0 aliphatic heterocycles. The lowest BCUT2D eigenvalue weighted by Crippen LogP contribution is -2.16. The molecule has 0 N–H and O–H groups in total. The Labute approximate surface area is 534 Å². The van der Waals surface area contributed by atoms with Crippen LogP contribution in [-0.4, -0.2) is 6.29 Å². The summed E-state index contributed by atoms with van der Waals surface area (Å²) in [4.78, 5) is 12.7.